The summed E-state index contributed by atoms with van der Waals surface area (Å²) in [5, 5.41) is 2.72. The van der Waals surface area contributed by atoms with Crippen LogP contribution in [0.15, 0.2) is 36.5 Å². The second-order valence-corrected chi connectivity index (χ2v) is 5.15. The van der Waals surface area contributed by atoms with Crippen LogP contribution in [0.5, 0.6) is 5.88 Å². The van der Waals surface area contributed by atoms with Crippen LogP contribution in [0.1, 0.15) is 18.1 Å². The van der Waals surface area contributed by atoms with Gasteiger partial charge in [-0.25, -0.2) is 18.6 Å². The van der Waals surface area contributed by atoms with Gasteiger partial charge in [0.1, 0.15) is 11.6 Å². The number of pyridine rings is 1. The summed E-state index contributed by atoms with van der Waals surface area (Å²) >= 11 is 0. The van der Waals surface area contributed by atoms with Crippen LogP contribution in [0.25, 0.3) is 0 Å². The fourth-order valence-corrected chi connectivity index (χ4v) is 2.11. The maximum absolute atomic E-state index is 13.6. The molecule has 0 saturated heterocycles. The Hall–Kier alpha value is -2.70. The Balaban J connectivity index is 1.94. The lowest BCUT2D eigenvalue weighted by Gasteiger charge is -2.19. The number of nitrogens with one attached hydrogen (secondary N) is 1. The molecule has 1 N–H and O–H groups in total. The molecule has 2 aromatic rings. The second kappa shape index (κ2) is 8.24. The average molecular weight is 335 g/mol. The largest absolute Gasteiger partial charge is 0.478 e. The van der Waals surface area contributed by atoms with Crippen LogP contribution in [0.3, 0.4) is 0 Å². The van der Waals surface area contributed by atoms with Gasteiger partial charge in [-0.1, -0.05) is 12.1 Å². The molecule has 2 amide bonds. The molecule has 5 nitrogen and oxygen atoms in total. The van der Waals surface area contributed by atoms with Gasteiger partial charge >= 0.3 is 6.03 Å². The first-order valence-corrected chi connectivity index (χ1v) is 7.50. The zero-order valence-corrected chi connectivity index (χ0v) is 13.6. The van der Waals surface area contributed by atoms with Crippen molar-refractivity contribution in [2.24, 2.45) is 0 Å². The van der Waals surface area contributed by atoms with E-state index in [1.54, 1.807) is 18.3 Å². The summed E-state index contributed by atoms with van der Waals surface area (Å²) in [6.07, 6.45) is 1.61. The molecule has 128 valence electrons. The summed E-state index contributed by atoms with van der Waals surface area (Å²) in [7, 11) is 1.53. The minimum Gasteiger partial charge on any atom is -0.478 e. The summed E-state index contributed by atoms with van der Waals surface area (Å²) in [6, 6.07) is 6.45. The molecule has 0 aliphatic carbocycles. The van der Waals surface area contributed by atoms with Crippen LogP contribution in [-0.2, 0) is 13.1 Å². The molecular weight excluding hydrogens is 316 g/mol. The molecule has 7 heteroatoms. The van der Waals surface area contributed by atoms with Crippen molar-refractivity contribution in [3.63, 3.8) is 0 Å². The number of carbonyl (C=O) groups is 1. The van der Waals surface area contributed by atoms with Crippen LogP contribution in [0, 0.1) is 11.6 Å². The van der Waals surface area contributed by atoms with Crippen molar-refractivity contribution in [3.8, 4) is 5.88 Å². The van der Waals surface area contributed by atoms with Crippen molar-refractivity contribution in [2.75, 3.05) is 13.7 Å². The normalized spacial score (nSPS) is 10.3. The van der Waals surface area contributed by atoms with Crippen LogP contribution in [0.4, 0.5) is 13.6 Å². The van der Waals surface area contributed by atoms with E-state index >= 15 is 0 Å². The molecule has 1 aromatic heterocycles. The summed E-state index contributed by atoms with van der Waals surface area (Å²) in [6.45, 7) is 2.59. The van der Waals surface area contributed by atoms with Gasteiger partial charge in [0.2, 0.25) is 5.88 Å². The molecule has 0 spiro atoms. The number of aromatic nitrogens is 1. The highest BCUT2D eigenvalue weighted by molar-refractivity contribution is 5.73. The molecule has 0 aliphatic rings. The Morgan fingerprint density at radius 2 is 2.08 bits per heavy atom. The van der Waals surface area contributed by atoms with E-state index in [0.717, 1.165) is 17.7 Å². The van der Waals surface area contributed by atoms with Gasteiger partial charge in [-0.05, 0) is 19.1 Å². The van der Waals surface area contributed by atoms with E-state index < -0.39 is 11.6 Å². The van der Waals surface area contributed by atoms with Gasteiger partial charge in [-0.3, -0.25) is 0 Å². The number of rotatable bonds is 6. The van der Waals surface area contributed by atoms with E-state index in [1.807, 2.05) is 6.92 Å². The molecule has 0 bridgehead atoms. The molecule has 0 saturated carbocycles. The average Bonchev–Trinajstić information content (AvgIpc) is 2.56. The lowest BCUT2D eigenvalue weighted by molar-refractivity contribution is 0.205. The zero-order valence-electron chi connectivity index (χ0n) is 13.6. The van der Waals surface area contributed by atoms with Crippen molar-refractivity contribution in [1.29, 1.82) is 0 Å². The SMILES string of the molecule is CCOc1ncccc1CNC(=O)N(C)Cc1ccc(F)cc1F. The molecule has 0 atom stereocenters. The Morgan fingerprint density at radius 1 is 1.29 bits per heavy atom. The number of nitrogens with zero attached hydrogens (tertiary/aromatic N) is 2. The Morgan fingerprint density at radius 3 is 2.79 bits per heavy atom. The number of ether oxygens (including phenoxy) is 1. The van der Waals surface area contributed by atoms with E-state index in [9.17, 15) is 13.6 Å². The van der Waals surface area contributed by atoms with Crippen LogP contribution in [-0.4, -0.2) is 29.6 Å². The highest BCUT2D eigenvalue weighted by Gasteiger charge is 2.13. The molecule has 0 unspecified atom stereocenters. The number of hydrogen-bond acceptors (Lipinski definition) is 3. The third kappa shape index (κ3) is 4.65. The van der Waals surface area contributed by atoms with Crippen molar-refractivity contribution in [3.05, 3.63) is 59.3 Å². The topological polar surface area (TPSA) is 54.5 Å². The first-order chi connectivity index (χ1) is 11.5. The first-order valence-electron chi connectivity index (χ1n) is 7.50. The Kier molecular flexibility index (Phi) is 6.06. The van der Waals surface area contributed by atoms with Crippen LogP contribution < -0.4 is 10.1 Å². The Bertz CT molecular complexity index is 710. The first kappa shape index (κ1) is 17.7. The van der Waals surface area contributed by atoms with Crippen molar-refractivity contribution in [2.45, 2.75) is 20.0 Å². The maximum Gasteiger partial charge on any atom is 0.317 e. The van der Waals surface area contributed by atoms with Crippen molar-refractivity contribution in [1.82, 2.24) is 15.2 Å². The molecule has 0 aliphatic heterocycles. The van der Waals surface area contributed by atoms with Gasteiger partial charge in [0.15, 0.2) is 0 Å². The fourth-order valence-electron chi connectivity index (χ4n) is 2.11. The standard InChI is InChI=1S/C17H19F2N3O2/c1-3-24-16-12(5-4-8-20-16)10-21-17(23)22(2)11-13-6-7-14(18)9-15(13)19/h4-9H,3,10-11H2,1-2H3,(H,21,23). The van der Waals surface area contributed by atoms with Gasteiger partial charge in [0, 0.05) is 43.5 Å². The van der Waals surface area contributed by atoms with Gasteiger partial charge in [0.05, 0.1) is 6.61 Å². The summed E-state index contributed by atoms with van der Waals surface area (Å²) < 4.78 is 31.9. The van der Waals surface area contributed by atoms with E-state index in [4.69, 9.17) is 4.74 Å². The minimum atomic E-state index is -0.680. The number of carbonyl (C=O) groups excluding carboxylic acids is 1. The lowest BCUT2D eigenvalue weighted by Crippen LogP contribution is -2.36. The molecule has 0 fully saturated rings. The third-order valence-corrected chi connectivity index (χ3v) is 3.33. The maximum atomic E-state index is 13.6. The molecule has 0 radical (unpaired) electrons. The lowest BCUT2D eigenvalue weighted by atomic mass is 10.2. The van der Waals surface area contributed by atoms with E-state index in [0.29, 0.717) is 12.5 Å². The van der Waals surface area contributed by atoms with Crippen LogP contribution in [0.2, 0.25) is 0 Å². The summed E-state index contributed by atoms with van der Waals surface area (Å²) in [4.78, 5) is 17.5. The number of halogens is 2. The highest BCUT2D eigenvalue weighted by atomic mass is 19.1. The second-order valence-electron chi connectivity index (χ2n) is 5.15. The number of amides is 2. The van der Waals surface area contributed by atoms with Crippen molar-refractivity contribution < 1.29 is 18.3 Å². The summed E-state index contributed by atoms with van der Waals surface area (Å²) in [5.41, 5.74) is 0.986. The summed E-state index contributed by atoms with van der Waals surface area (Å²) in [5.74, 6) is -0.864. The molecule has 24 heavy (non-hydrogen) atoms. The third-order valence-electron chi connectivity index (χ3n) is 3.33. The minimum absolute atomic E-state index is 0.0311. The Labute approximate surface area is 139 Å². The molecule has 1 heterocycles. The number of hydrogen-bond donors (Lipinski definition) is 1. The van der Waals surface area contributed by atoms with Gasteiger partial charge in [-0.15, -0.1) is 0 Å². The van der Waals surface area contributed by atoms with Gasteiger partial charge < -0.3 is 15.0 Å². The predicted octanol–water partition coefficient (Wildman–Crippen LogP) is 3.10. The van der Waals surface area contributed by atoms with E-state index in [-0.39, 0.29) is 24.7 Å². The predicted molar refractivity (Wildman–Crippen MR) is 85.5 cm³/mol. The van der Waals surface area contributed by atoms with Gasteiger partial charge in [-0.2, -0.15) is 0 Å². The van der Waals surface area contributed by atoms with Crippen LogP contribution >= 0.6 is 0 Å². The molecule has 1 aromatic carbocycles. The zero-order chi connectivity index (χ0) is 17.5. The van der Waals surface area contributed by atoms with Gasteiger partial charge in [0.25, 0.3) is 0 Å². The smallest absolute Gasteiger partial charge is 0.317 e. The monoisotopic (exact) mass is 335 g/mol. The quantitative estimate of drug-likeness (QED) is 0.882. The number of benzene rings is 1. The van der Waals surface area contributed by atoms with E-state index in [1.165, 1.54) is 18.0 Å². The van der Waals surface area contributed by atoms with E-state index in [2.05, 4.69) is 10.3 Å². The highest BCUT2D eigenvalue weighted by Crippen LogP contribution is 2.14. The van der Waals surface area contributed by atoms with Crippen molar-refractivity contribution >= 4 is 6.03 Å². The molecule has 2 rings (SSSR count). The number of urea groups is 1. The fraction of sp³-hybridized carbons (Fsp3) is 0.294. The molecular formula is C17H19F2N3O2.